The molecular formula is C14H20N2O3. The number of carbonyl (C=O) groups excluding carboxylic acids is 1. The van der Waals surface area contributed by atoms with E-state index in [9.17, 15) is 9.90 Å². The van der Waals surface area contributed by atoms with Crippen molar-refractivity contribution >= 4 is 5.91 Å². The van der Waals surface area contributed by atoms with E-state index in [1.165, 1.54) is 18.9 Å². The van der Waals surface area contributed by atoms with Crippen molar-refractivity contribution in [1.82, 2.24) is 5.32 Å². The SMILES string of the molecule is CCOc1cc(C(NCC2CC2)C(N)=O)ccc1O. The lowest BCUT2D eigenvalue weighted by Crippen LogP contribution is -2.34. The zero-order valence-corrected chi connectivity index (χ0v) is 11.1. The zero-order chi connectivity index (χ0) is 13.8. The average molecular weight is 264 g/mol. The molecule has 0 bridgehead atoms. The number of phenolic OH excluding ortho intramolecular Hbond substituents is 1. The molecule has 0 radical (unpaired) electrons. The van der Waals surface area contributed by atoms with Crippen molar-refractivity contribution in [2.45, 2.75) is 25.8 Å². The molecule has 1 aliphatic rings. The van der Waals surface area contributed by atoms with E-state index in [0.29, 0.717) is 18.3 Å². The second kappa shape index (κ2) is 5.93. The van der Waals surface area contributed by atoms with Crippen molar-refractivity contribution in [3.63, 3.8) is 0 Å². The molecule has 0 spiro atoms. The largest absolute Gasteiger partial charge is 0.504 e. The van der Waals surface area contributed by atoms with Crippen molar-refractivity contribution in [3.05, 3.63) is 23.8 Å². The summed E-state index contributed by atoms with van der Waals surface area (Å²) in [6.45, 7) is 3.08. The Kier molecular flexibility index (Phi) is 4.27. The number of nitrogens with one attached hydrogen (secondary N) is 1. The number of ether oxygens (including phenoxy) is 1. The van der Waals surface area contributed by atoms with E-state index in [-0.39, 0.29) is 5.75 Å². The standard InChI is InChI=1S/C14H20N2O3/c1-2-19-12-7-10(5-6-11(12)17)13(14(15)18)16-8-9-3-4-9/h5-7,9,13,16-17H,2-4,8H2,1H3,(H2,15,18). The van der Waals surface area contributed by atoms with E-state index in [1.54, 1.807) is 12.1 Å². The highest BCUT2D eigenvalue weighted by Crippen LogP contribution is 2.31. The highest BCUT2D eigenvalue weighted by Gasteiger charge is 2.25. The first-order chi connectivity index (χ1) is 9.11. The topological polar surface area (TPSA) is 84.6 Å². The van der Waals surface area contributed by atoms with E-state index in [4.69, 9.17) is 10.5 Å². The molecule has 5 nitrogen and oxygen atoms in total. The molecule has 1 saturated carbocycles. The molecule has 1 aromatic rings. The summed E-state index contributed by atoms with van der Waals surface area (Å²) in [5, 5.41) is 12.8. The summed E-state index contributed by atoms with van der Waals surface area (Å²) >= 11 is 0. The number of hydrogen-bond acceptors (Lipinski definition) is 4. The minimum atomic E-state index is -0.541. The summed E-state index contributed by atoms with van der Waals surface area (Å²) in [7, 11) is 0. The molecule has 1 amide bonds. The number of phenols is 1. The van der Waals surface area contributed by atoms with Crippen LogP contribution in [0, 0.1) is 5.92 Å². The number of primary amides is 1. The van der Waals surface area contributed by atoms with Gasteiger partial charge in [-0.05, 0) is 49.9 Å². The third-order valence-corrected chi connectivity index (χ3v) is 3.21. The normalized spacial score (nSPS) is 16.1. The van der Waals surface area contributed by atoms with E-state index in [2.05, 4.69) is 5.32 Å². The monoisotopic (exact) mass is 264 g/mol. The summed E-state index contributed by atoms with van der Waals surface area (Å²) in [6, 6.07) is 4.33. The van der Waals surface area contributed by atoms with Crippen LogP contribution >= 0.6 is 0 Å². The quantitative estimate of drug-likeness (QED) is 0.693. The molecule has 1 aromatic carbocycles. The van der Waals surface area contributed by atoms with Crippen molar-refractivity contribution in [1.29, 1.82) is 0 Å². The number of rotatable bonds is 7. The van der Waals surface area contributed by atoms with Gasteiger partial charge in [0.2, 0.25) is 5.91 Å². The Morgan fingerprint density at radius 2 is 2.32 bits per heavy atom. The summed E-state index contributed by atoms with van der Waals surface area (Å²) in [5.41, 5.74) is 6.15. The lowest BCUT2D eigenvalue weighted by molar-refractivity contribution is -0.120. The molecule has 2 rings (SSSR count). The Hall–Kier alpha value is -1.75. The van der Waals surface area contributed by atoms with Gasteiger partial charge in [-0.1, -0.05) is 6.07 Å². The van der Waals surface area contributed by atoms with Crippen LogP contribution in [0.1, 0.15) is 31.4 Å². The van der Waals surface area contributed by atoms with Crippen molar-refractivity contribution in [3.8, 4) is 11.5 Å². The van der Waals surface area contributed by atoms with Gasteiger partial charge in [0, 0.05) is 0 Å². The van der Waals surface area contributed by atoms with Gasteiger partial charge in [0.25, 0.3) is 0 Å². The Morgan fingerprint density at radius 3 is 2.89 bits per heavy atom. The second-order valence-electron chi connectivity index (χ2n) is 4.85. The third-order valence-electron chi connectivity index (χ3n) is 3.21. The number of amides is 1. The number of benzene rings is 1. The molecule has 104 valence electrons. The lowest BCUT2D eigenvalue weighted by atomic mass is 10.1. The van der Waals surface area contributed by atoms with Gasteiger partial charge in [0.15, 0.2) is 11.5 Å². The van der Waals surface area contributed by atoms with Crippen LogP contribution in [0.25, 0.3) is 0 Å². The highest BCUT2D eigenvalue weighted by atomic mass is 16.5. The van der Waals surface area contributed by atoms with Gasteiger partial charge in [-0.15, -0.1) is 0 Å². The van der Waals surface area contributed by atoms with Gasteiger partial charge in [-0.3, -0.25) is 4.79 Å². The minimum absolute atomic E-state index is 0.0658. The summed E-state index contributed by atoms with van der Waals surface area (Å²) in [6.07, 6.45) is 2.41. The fraction of sp³-hybridized carbons (Fsp3) is 0.500. The Morgan fingerprint density at radius 1 is 1.58 bits per heavy atom. The molecule has 1 atom stereocenters. The maximum Gasteiger partial charge on any atom is 0.239 e. The fourth-order valence-electron chi connectivity index (χ4n) is 1.97. The van der Waals surface area contributed by atoms with Gasteiger partial charge in [-0.2, -0.15) is 0 Å². The first-order valence-electron chi connectivity index (χ1n) is 6.60. The Bertz CT molecular complexity index is 458. The predicted octanol–water partition coefficient (Wildman–Crippen LogP) is 1.32. The molecule has 0 aliphatic heterocycles. The van der Waals surface area contributed by atoms with E-state index in [1.807, 2.05) is 6.92 Å². The number of hydrogen-bond donors (Lipinski definition) is 3. The van der Waals surface area contributed by atoms with Gasteiger partial charge < -0.3 is 20.9 Å². The molecule has 1 fully saturated rings. The van der Waals surface area contributed by atoms with Crippen LogP contribution in [0.3, 0.4) is 0 Å². The highest BCUT2D eigenvalue weighted by molar-refractivity contribution is 5.81. The maximum atomic E-state index is 11.5. The summed E-state index contributed by atoms with van der Waals surface area (Å²) in [5.74, 6) is 0.676. The molecule has 0 heterocycles. The number of carbonyl (C=O) groups is 1. The molecule has 4 N–H and O–H groups in total. The van der Waals surface area contributed by atoms with Crippen molar-refractivity contribution in [2.75, 3.05) is 13.2 Å². The summed E-state index contributed by atoms with van der Waals surface area (Å²) < 4.78 is 5.32. The van der Waals surface area contributed by atoms with Crippen molar-refractivity contribution < 1.29 is 14.6 Å². The van der Waals surface area contributed by atoms with Crippen LogP contribution in [0.5, 0.6) is 11.5 Å². The van der Waals surface area contributed by atoms with Gasteiger partial charge in [0.1, 0.15) is 6.04 Å². The minimum Gasteiger partial charge on any atom is -0.504 e. The molecular weight excluding hydrogens is 244 g/mol. The van der Waals surface area contributed by atoms with Gasteiger partial charge >= 0.3 is 0 Å². The van der Waals surface area contributed by atoms with Crippen LogP contribution < -0.4 is 15.8 Å². The van der Waals surface area contributed by atoms with Gasteiger partial charge in [0.05, 0.1) is 6.61 Å². The van der Waals surface area contributed by atoms with Crippen LogP contribution in [0.15, 0.2) is 18.2 Å². The summed E-state index contributed by atoms with van der Waals surface area (Å²) in [4.78, 5) is 11.5. The predicted molar refractivity (Wildman–Crippen MR) is 71.9 cm³/mol. The molecule has 0 saturated heterocycles. The first-order valence-corrected chi connectivity index (χ1v) is 6.60. The number of nitrogens with two attached hydrogens (primary N) is 1. The third kappa shape index (κ3) is 3.61. The molecule has 5 heteroatoms. The average Bonchev–Trinajstić information content (AvgIpc) is 3.17. The van der Waals surface area contributed by atoms with E-state index >= 15 is 0 Å². The fourth-order valence-corrected chi connectivity index (χ4v) is 1.97. The Labute approximate surface area is 112 Å². The molecule has 19 heavy (non-hydrogen) atoms. The smallest absolute Gasteiger partial charge is 0.239 e. The van der Waals surface area contributed by atoms with Crippen molar-refractivity contribution in [2.24, 2.45) is 11.7 Å². The van der Waals surface area contributed by atoms with Gasteiger partial charge in [-0.25, -0.2) is 0 Å². The van der Waals surface area contributed by atoms with E-state index in [0.717, 1.165) is 12.1 Å². The second-order valence-corrected chi connectivity index (χ2v) is 4.85. The molecule has 0 aromatic heterocycles. The van der Waals surface area contributed by atoms with Crippen LogP contribution in [0.2, 0.25) is 0 Å². The zero-order valence-electron chi connectivity index (χ0n) is 11.1. The van der Waals surface area contributed by atoms with E-state index < -0.39 is 11.9 Å². The molecule has 1 aliphatic carbocycles. The Balaban J connectivity index is 2.14. The van der Waals surface area contributed by atoms with Crippen LogP contribution in [-0.4, -0.2) is 24.2 Å². The van der Waals surface area contributed by atoms with Crippen LogP contribution in [-0.2, 0) is 4.79 Å². The van der Waals surface area contributed by atoms with Crippen LogP contribution in [0.4, 0.5) is 0 Å². The maximum absolute atomic E-state index is 11.5. The number of aromatic hydroxyl groups is 1. The lowest BCUT2D eigenvalue weighted by Gasteiger charge is -2.17. The molecule has 1 unspecified atom stereocenters. The first kappa shape index (κ1) is 13.7.